The zero-order chi connectivity index (χ0) is 19.8. The summed E-state index contributed by atoms with van der Waals surface area (Å²) in [6, 6.07) is 7.15. The normalized spacial score (nSPS) is 13.1. The van der Waals surface area contributed by atoms with Crippen LogP contribution in [0.25, 0.3) is 28.8 Å². The van der Waals surface area contributed by atoms with E-state index in [1.807, 2.05) is 25.5 Å². The maximum absolute atomic E-state index is 12.8. The molecule has 1 aliphatic carbocycles. The van der Waals surface area contributed by atoms with E-state index in [1.165, 1.54) is 6.39 Å². The first kappa shape index (κ1) is 17.1. The molecule has 0 atom stereocenters. The van der Waals surface area contributed by atoms with Gasteiger partial charge >= 0.3 is 0 Å². The number of carbonyl (C=O) groups is 1. The van der Waals surface area contributed by atoms with Crippen molar-refractivity contribution in [1.82, 2.24) is 19.7 Å². The molecule has 0 fully saturated rings. The number of aryl methyl sites for hydroxylation is 1. The number of carbonyl (C=O) groups excluding carboxylic acids is 1. The van der Waals surface area contributed by atoms with Gasteiger partial charge in [-0.25, -0.2) is 9.97 Å². The Morgan fingerprint density at radius 1 is 1.17 bits per heavy atom. The van der Waals surface area contributed by atoms with Gasteiger partial charge in [0.2, 0.25) is 0 Å². The number of benzene rings is 1. The quantitative estimate of drug-likeness (QED) is 0.587. The first-order chi connectivity index (χ1) is 14.2. The van der Waals surface area contributed by atoms with Crippen molar-refractivity contribution in [3.63, 3.8) is 0 Å². The molecule has 7 nitrogen and oxygen atoms in total. The number of fused-ring (bicyclic) bond motifs is 2. The highest BCUT2D eigenvalue weighted by molar-refractivity contribution is 6.10. The predicted molar refractivity (Wildman–Crippen MR) is 110 cm³/mol. The van der Waals surface area contributed by atoms with Crippen LogP contribution in [0.3, 0.4) is 0 Å². The molecule has 29 heavy (non-hydrogen) atoms. The van der Waals surface area contributed by atoms with Crippen LogP contribution in [-0.4, -0.2) is 25.7 Å². The Morgan fingerprint density at radius 2 is 2.10 bits per heavy atom. The minimum Gasteiger partial charge on any atom is -0.443 e. The van der Waals surface area contributed by atoms with Gasteiger partial charge in [0.15, 0.2) is 12.0 Å². The van der Waals surface area contributed by atoms with Crippen LogP contribution >= 0.6 is 0 Å². The van der Waals surface area contributed by atoms with Crippen LogP contribution in [0.1, 0.15) is 22.3 Å². The van der Waals surface area contributed by atoms with E-state index in [0.717, 1.165) is 28.0 Å². The number of nitrogens with zero attached hydrogens (tertiary/aromatic N) is 4. The van der Waals surface area contributed by atoms with E-state index in [9.17, 15) is 4.79 Å². The minimum absolute atomic E-state index is 0.291. The molecule has 1 amide bonds. The fourth-order valence-corrected chi connectivity index (χ4v) is 3.40. The molecule has 0 spiro atoms. The van der Waals surface area contributed by atoms with Gasteiger partial charge in [-0.1, -0.05) is 18.2 Å². The highest BCUT2D eigenvalue weighted by atomic mass is 16.3. The summed E-state index contributed by atoms with van der Waals surface area (Å²) in [6.07, 6.45) is 14.1. The van der Waals surface area contributed by atoms with E-state index in [4.69, 9.17) is 4.42 Å². The second kappa shape index (κ2) is 6.87. The Bertz CT molecular complexity index is 1390. The minimum atomic E-state index is -0.291. The summed E-state index contributed by atoms with van der Waals surface area (Å²) >= 11 is 0. The number of hydrogen-bond acceptors (Lipinski definition) is 5. The van der Waals surface area contributed by atoms with E-state index in [1.54, 1.807) is 29.1 Å². The molecule has 0 saturated heterocycles. The van der Waals surface area contributed by atoms with Gasteiger partial charge in [-0.3, -0.25) is 9.48 Å². The monoisotopic (exact) mass is 383 g/mol. The molecule has 0 unspecified atom stereocenters. The maximum Gasteiger partial charge on any atom is 0.260 e. The third-order valence-electron chi connectivity index (χ3n) is 4.84. The zero-order valence-corrected chi connectivity index (χ0v) is 15.7. The molecule has 4 aromatic rings. The average molecular weight is 383 g/mol. The van der Waals surface area contributed by atoms with Crippen molar-refractivity contribution < 1.29 is 9.21 Å². The number of amides is 1. The van der Waals surface area contributed by atoms with Gasteiger partial charge in [0, 0.05) is 25.0 Å². The van der Waals surface area contributed by atoms with Crippen LogP contribution in [-0.2, 0) is 7.05 Å². The van der Waals surface area contributed by atoms with Gasteiger partial charge in [0.25, 0.3) is 5.91 Å². The Morgan fingerprint density at radius 3 is 2.97 bits per heavy atom. The Balaban J connectivity index is 1.50. The first-order valence-electron chi connectivity index (χ1n) is 9.18. The number of rotatable bonds is 3. The third-order valence-corrected chi connectivity index (χ3v) is 4.84. The summed E-state index contributed by atoms with van der Waals surface area (Å²) in [4.78, 5) is 21.3. The van der Waals surface area contributed by atoms with Gasteiger partial charge < -0.3 is 9.73 Å². The summed E-state index contributed by atoms with van der Waals surface area (Å²) in [5.41, 5.74) is 3.66. The first-order valence-corrected chi connectivity index (χ1v) is 9.18. The van der Waals surface area contributed by atoms with Crippen LogP contribution in [0.2, 0.25) is 0 Å². The third kappa shape index (κ3) is 3.23. The molecule has 5 rings (SSSR count). The standard InChI is InChI=1S/C22H17N5O2/c1-27-12-17(11-25-27)14-4-2-5-15-10-23-20(9-16(15)8-14)26-22(28)18-6-3-7-19-21(18)29-13-24-19/h3-13H,2H2,1H3,(H,26,28). The lowest BCUT2D eigenvalue weighted by Gasteiger charge is -2.05. The largest absolute Gasteiger partial charge is 0.443 e. The maximum atomic E-state index is 12.8. The van der Waals surface area contributed by atoms with Crippen molar-refractivity contribution in [3.8, 4) is 0 Å². The Labute approximate surface area is 165 Å². The molecule has 0 aliphatic heterocycles. The molecule has 1 aliphatic rings. The fraction of sp³-hybridized carbons (Fsp3) is 0.0909. The van der Waals surface area contributed by atoms with Crippen molar-refractivity contribution in [2.45, 2.75) is 6.42 Å². The molecule has 0 radical (unpaired) electrons. The number of oxazole rings is 1. The van der Waals surface area contributed by atoms with Gasteiger partial charge in [0.05, 0.1) is 11.8 Å². The Kier molecular flexibility index (Phi) is 4.05. The predicted octanol–water partition coefficient (Wildman–Crippen LogP) is 2.26. The second-order valence-corrected chi connectivity index (χ2v) is 6.81. The number of nitrogens with one attached hydrogen (secondary N) is 1. The van der Waals surface area contributed by atoms with Crippen molar-refractivity contribution in [3.05, 3.63) is 76.9 Å². The Hall–Kier alpha value is -4.00. The number of para-hydroxylation sites is 1. The summed E-state index contributed by atoms with van der Waals surface area (Å²) in [5, 5.41) is 9.12. The van der Waals surface area contributed by atoms with E-state index in [-0.39, 0.29) is 5.91 Å². The van der Waals surface area contributed by atoms with Crippen LogP contribution in [0.4, 0.5) is 5.82 Å². The fourth-order valence-electron chi connectivity index (χ4n) is 3.40. The molecule has 0 saturated carbocycles. The van der Waals surface area contributed by atoms with Crippen molar-refractivity contribution in [2.24, 2.45) is 7.05 Å². The number of pyridine rings is 1. The number of aromatic nitrogens is 4. The van der Waals surface area contributed by atoms with E-state index >= 15 is 0 Å². The molecule has 3 heterocycles. The highest BCUT2D eigenvalue weighted by Gasteiger charge is 2.14. The van der Waals surface area contributed by atoms with E-state index in [0.29, 0.717) is 22.5 Å². The summed E-state index contributed by atoms with van der Waals surface area (Å²) in [6.45, 7) is 0. The molecular weight excluding hydrogens is 366 g/mol. The summed E-state index contributed by atoms with van der Waals surface area (Å²) < 4.78 is 7.14. The lowest BCUT2D eigenvalue weighted by Crippen LogP contribution is -2.26. The molecule has 0 bridgehead atoms. The van der Waals surface area contributed by atoms with Crippen LogP contribution in [0.5, 0.6) is 0 Å². The van der Waals surface area contributed by atoms with Gasteiger partial charge in [-0.05, 0) is 46.7 Å². The number of allylic oxidation sites excluding steroid dienone is 2. The van der Waals surface area contributed by atoms with Crippen molar-refractivity contribution in [1.29, 1.82) is 0 Å². The molecule has 1 aromatic carbocycles. The topological polar surface area (TPSA) is 85.8 Å². The van der Waals surface area contributed by atoms with Gasteiger partial charge in [0.1, 0.15) is 11.3 Å². The molecular formula is C22H17N5O2. The molecule has 7 heteroatoms. The van der Waals surface area contributed by atoms with E-state index in [2.05, 4.69) is 38.6 Å². The summed E-state index contributed by atoms with van der Waals surface area (Å²) in [5.74, 6) is 0.183. The number of hydrogen-bond donors (Lipinski definition) is 1. The van der Waals surface area contributed by atoms with Crippen molar-refractivity contribution >= 4 is 40.5 Å². The van der Waals surface area contributed by atoms with Crippen LogP contribution in [0.15, 0.2) is 59.7 Å². The van der Waals surface area contributed by atoms with Gasteiger partial charge in [-0.15, -0.1) is 0 Å². The average Bonchev–Trinajstić information content (AvgIpc) is 3.32. The smallest absolute Gasteiger partial charge is 0.260 e. The van der Waals surface area contributed by atoms with Crippen LogP contribution in [0, 0.1) is 0 Å². The lowest BCUT2D eigenvalue weighted by atomic mass is 10.1. The van der Waals surface area contributed by atoms with Crippen LogP contribution < -0.4 is 15.8 Å². The number of anilines is 1. The SMILES string of the molecule is Cn1cc(C2=CCC=c3cnc(NC(=O)c4cccc5ncoc45)cc3=C2)cn1. The van der Waals surface area contributed by atoms with Crippen molar-refractivity contribution in [2.75, 3.05) is 5.32 Å². The zero-order valence-electron chi connectivity index (χ0n) is 15.7. The highest BCUT2D eigenvalue weighted by Crippen LogP contribution is 2.19. The summed E-state index contributed by atoms with van der Waals surface area (Å²) in [7, 11) is 1.90. The second-order valence-electron chi connectivity index (χ2n) is 6.81. The molecule has 142 valence electrons. The van der Waals surface area contributed by atoms with E-state index < -0.39 is 0 Å². The molecule has 3 aromatic heterocycles. The lowest BCUT2D eigenvalue weighted by molar-refractivity contribution is 0.102. The van der Waals surface area contributed by atoms with Gasteiger partial charge in [-0.2, -0.15) is 5.10 Å². The molecule has 1 N–H and O–H groups in total.